The predicted molar refractivity (Wildman–Crippen MR) is 41.4 cm³/mol. The lowest BCUT2D eigenvalue weighted by Crippen LogP contribution is -2.26. The van der Waals surface area contributed by atoms with Gasteiger partial charge in [-0.25, -0.2) is 0 Å². The first-order valence-electron chi connectivity index (χ1n) is 3.46. The summed E-state index contributed by atoms with van der Waals surface area (Å²) in [5, 5.41) is 10.9. The van der Waals surface area contributed by atoms with Crippen molar-refractivity contribution in [2.75, 3.05) is 20.6 Å². The van der Waals surface area contributed by atoms with Gasteiger partial charge in [0.15, 0.2) is 6.19 Å². The van der Waals surface area contributed by atoms with Gasteiger partial charge in [0.25, 0.3) is 0 Å². The van der Waals surface area contributed by atoms with Gasteiger partial charge in [-0.3, -0.25) is 0 Å². The fourth-order valence-electron chi connectivity index (χ4n) is 0.634. The van der Waals surface area contributed by atoms with Crippen molar-refractivity contribution in [1.29, 1.82) is 5.26 Å². The van der Waals surface area contributed by atoms with Crippen LogP contribution in [0, 0.1) is 11.5 Å². The van der Waals surface area contributed by atoms with Crippen LogP contribution in [0.1, 0.15) is 13.3 Å². The zero-order valence-electron chi connectivity index (χ0n) is 6.89. The molecule has 0 fully saturated rings. The highest BCUT2D eigenvalue weighted by atomic mass is 15.1. The third kappa shape index (κ3) is 5.39. The van der Waals surface area contributed by atoms with Crippen molar-refractivity contribution in [3.63, 3.8) is 0 Å². The molecule has 0 aromatic rings. The predicted octanol–water partition coefficient (Wildman–Crippen LogP) is 0.397. The molecule has 10 heavy (non-hydrogen) atoms. The Bertz CT molecular complexity index is 115. The van der Waals surface area contributed by atoms with Crippen LogP contribution in [0.3, 0.4) is 0 Å². The quantitative estimate of drug-likeness (QED) is 0.455. The lowest BCUT2D eigenvalue weighted by Gasteiger charge is -2.12. The van der Waals surface area contributed by atoms with E-state index >= 15 is 0 Å². The third-order valence-corrected chi connectivity index (χ3v) is 1.32. The lowest BCUT2D eigenvalue weighted by molar-refractivity contribution is 0.377. The molecule has 0 rings (SSSR count). The molecule has 1 atom stereocenters. The van der Waals surface area contributed by atoms with Crippen LogP contribution in [0.5, 0.6) is 0 Å². The molecule has 3 nitrogen and oxygen atoms in total. The molecule has 0 radical (unpaired) electrons. The highest BCUT2D eigenvalue weighted by molar-refractivity contribution is 4.72. The van der Waals surface area contributed by atoms with Gasteiger partial charge in [0.05, 0.1) is 0 Å². The van der Waals surface area contributed by atoms with Gasteiger partial charge in [0.1, 0.15) is 0 Å². The molecule has 0 heterocycles. The minimum absolute atomic E-state index is 0.299. The van der Waals surface area contributed by atoms with E-state index in [4.69, 9.17) is 5.26 Å². The van der Waals surface area contributed by atoms with Crippen LogP contribution >= 0.6 is 0 Å². The average Bonchev–Trinajstić information content (AvgIpc) is 1.85. The van der Waals surface area contributed by atoms with E-state index in [0.717, 1.165) is 13.0 Å². The molecule has 1 N–H and O–H groups in total. The second-order valence-corrected chi connectivity index (χ2v) is 2.75. The van der Waals surface area contributed by atoms with Crippen LogP contribution in [0.2, 0.25) is 0 Å². The Hall–Kier alpha value is -0.750. The molecule has 0 aliphatic heterocycles. The van der Waals surface area contributed by atoms with Crippen LogP contribution in [-0.4, -0.2) is 31.6 Å². The highest BCUT2D eigenvalue weighted by Gasteiger charge is 1.98. The van der Waals surface area contributed by atoms with Crippen molar-refractivity contribution in [2.24, 2.45) is 0 Å². The van der Waals surface area contributed by atoms with Gasteiger partial charge in [0, 0.05) is 6.04 Å². The molecule has 0 aromatic carbocycles. The van der Waals surface area contributed by atoms with Gasteiger partial charge >= 0.3 is 0 Å². The number of hydrogen-bond acceptors (Lipinski definition) is 3. The van der Waals surface area contributed by atoms with Crippen LogP contribution < -0.4 is 5.32 Å². The fourth-order valence-corrected chi connectivity index (χ4v) is 0.634. The largest absolute Gasteiger partial charge is 0.321 e. The van der Waals surface area contributed by atoms with Gasteiger partial charge in [-0.05, 0) is 34.0 Å². The van der Waals surface area contributed by atoms with Crippen LogP contribution in [0.4, 0.5) is 0 Å². The summed E-state index contributed by atoms with van der Waals surface area (Å²) >= 11 is 0. The van der Waals surface area contributed by atoms with Gasteiger partial charge in [-0.1, -0.05) is 0 Å². The Morgan fingerprint density at radius 3 is 2.60 bits per heavy atom. The Balaban J connectivity index is 3.23. The molecule has 3 heteroatoms. The molecule has 0 amide bonds. The van der Waals surface area contributed by atoms with Crippen molar-refractivity contribution in [1.82, 2.24) is 10.2 Å². The van der Waals surface area contributed by atoms with E-state index in [2.05, 4.69) is 10.2 Å². The van der Waals surface area contributed by atoms with Crippen molar-refractivity contribution < 1.29 is 0 Å². The molecule has 0 spiro atoms. The zero-order chi connectivity index (χ0) is 7.98. The minimum atomic E-state index is 0.299. The minimum Gasteiger partial charge on any atom is -0.321 e. The second kappa shape index (κ2) is 5.07. The monoisotopic (exact) mass is 141 g/mol. The van der Waals surface area contributed by atoms with Gasteiger partial charge in [-0.2, -0.15) is 5.26 Å². The number of rotatable bonds is 4. The Kier molecular flexibility index (Phi) is 4.69. The first-order chi connectivity index (χ1) is 4.66. The van der Waals surface area contributed by atoms with E-state index in [1.807, 2.05) is 27.2 Å². The van der Waals surface area contributed by atoms with Crippen LogP contribution in [-0.2, 0) is 0 Å². The molecule has 0 saturated carbocycles. The molecular weight excluding hydrogens is 126 g/mol. The van der Waals surface area contributed by atoms with Gasteiger partial charge in [-0.15, -0.1) is 0 Å². The Labute approximate surface area is 62.6 Å². The summed E-state index contributed by atoms with van der Waals surface area (Å²) in [5.41, 5.74) is 0. The maximum atomic E-state index is 8.23. The van der Waals surface area contributed by atoms with Crippen LogP contribution in [0.25, 0.3) is 0 Å². The summed E-state index contributed by atoms with van der Waals surface area (Å²) in [6.45, 7) is 3.03. The van der Waals surface area contributed by atoms with Crippen molar-refractivity contribution in [2.45, 2.75) is 19.4 Å². The zero-order valence-corrected chi connectivity index (χ0v) is 6.89. The maximum absolute atomic E-state index is 8.23. The normalized spacial score (nSPS) is 12.7. The SMILES string of the molecule is CC(CCN(C)C)NC#N. The molecule has 1 unspecified atom stereocenters. The van der Waals surface area contributed by atoms with Crippen molar-refractivity contribution in [3.05, 3.63) is 0 Å². The number of hydrogen-bond donors (Lipinski definition) is 1. The lowest BCUT2D eigenvalue weighted by atomic mass is 10.2. The molecule has 0 bridgehead atoms. The summed E-state index contributed by atoms with van der Waals surface area (Å²) in [5.74, 6) is 0. The number of nitrogens with one attached hydrogen (secondary N) is 1. The Morgan fingerprint density at radius 2 is 2.20 bits per heavy atom. The van der Waals surface area contributed by atoms with Crippen LogP contribution in [0.15, 0.2) is 0 Å². The van der Waals surface area contributed by atoms with E-state index < -0.39 is 0 Å². The summed E-state index contributed by atoms with van der Waals surface area (Å²) < 4.78 is 0. The molecule has 58 valence electrons. The van der Waals surface area contributed by atoms with Crippen molar-refractivity contribution in [3.8, 4) is 6.19 Å². The average molecular weight is 141 g/mol. The van der Waals surface area contributed by atoms with E-state index in [-0.39, 0.29) is 0 Å². The number of nitrogens with zero attached hydrogens (tertiary/aromatic N) is 2. The van der Waals surface area contributed by atoms with E-state index in [1.165, 1.54) is 0 Å². The highest BCUT2D eigenvalue weighted by Crippen LogP contribution is 1.89. The Morgan fingerprint density at radius 1 is 1.60 bits per heavy atom. The molecule has 0 aromatic heterocycles. The standard InChI is InChI=1S/C7H15N3/c1-7(9-6-8)4-5-10(2)3/h7,9H,4-5H2,1-3H3. The third-order valence-electron chi connectivity index (χ3n) is 1.32. The summed E-state index contributed by atoms with van der Waals surface area (Å²) in [6.07, 6.45) is 2.94. The summed E-state index contributed by atoms with van der Waals surface area (Å²) in [7, 11) is 4.05. The summed E-state index contributed by atoms with van der Waals surface area (Å²) in [4.78, 5) is 2.11. The molecular formula is C7H15N3. The maximum Gasteiger partial charge on any atom is 0.176 e. The van der Waals surface area contributed by atoms with E-state index in [9.17, 15) is 0 Å². The fraction of sp³-hybridized carbons (Fsp3) is 0.857. The van der Waals surface area contributed by atoms with Crippen molar-refractivity contribution >= 4 is 0 Å². The van der Waals surface area contributed by atoms with E-state index in [0.29, 0.717) is 6.04 Å². The first-order valence-corrected chi connectivity index (χ1v) is 3.46. The molecule has 0 saturated heterocycles. The van der Waals surface area contributed by atoms with Gasteiger partial charge < -0.3 is 10.2 Å². The molecule has 0 aliphatic carbocycles. The second-order valence-electron chi connectivity index (χ2n) is 2.75. The topological polar surface area (TPSA) is 39.1 Å². The summed E-state index contributed by atoms with van der Waals surface area (Å²) in [6, 6.07) is 0.299. The van der Waals surface area contributed by atoms with Gasteiger partial charge in [0.2, 0.25) is 0 Å². The number of nitriles is 1. The molecule has 0 aliphatic rings. The first kappa shape index (κ1) is 9.25. The smallest absolute Gasteiger partial charge is 0.176 e. The van der Waals surface area contributed by atoms with E-state index in [1.54, 1.807) is 0 Å².